The van der Waals surface area contributed by atoms with E-state index in [1.54, 1.807) is 44.2 Å². The van der Waals surface area contributed by atoms with Crippen LogP contribution in [0.25, 0.3) is 10.6 Å². The number of aliphatic carboxylic acids is 1. The minimum atomic E-state index is -4.73. The molecule has 2 heterocycles. The highest BCUT2D eigenvalue weighted by Crippen LogP contribution is 2.63. The molecule has 1 aliphatic carbocycles. The molecule has 0 amide bonds. The first-order valence-corrected chi connectivity index (χ1v) is 11.6. The smallest absolute Gasteiger partial charge is 0.452 e. The van der Waals surface area contributed by atoms with Crippen LogP contribution in [0.2, 0.25) is 0 Å². The fourth-order valence-electron chi connectivity index (χ4n) is 4.14. The third-order valence-corrected chi connectivity index (χ3v) is 9.21. The normalized spacial score (nSPS) is 25.6. The average molecular weight is 486 g/mol. The number of benzene rings is 1. The lowest BCUT2D eigenvalue weighted by Crippen LogP contribution is -2.48. The first-order valence-electron chi connectivity index (χ1n) is 9.31. The number of rotatable bonds is 6. The summed E-state index contributed by atoms with van der Waals surface area (Å²) in [6, 6.07) is 11.9. The lowest BCUT2D eigenvalue weighted by molar-refractivity contribution is -0.155. The molecule has 0 saturated heterocycles. The molecule has 0 aliphatic heterocycles. The quantitative estimate of drug-likeness (QED) is 0.542. The Labute approximate surface area is 184 Å². The third-order valence-electron chi connectivity index (χ3n) is 6.15. The van der Waals surface area contributed by atoms with Crippen LogP contribution in [0.4, 0.5) is 13.2 Å². The largest absolute Gasteiger partial charge is 0.480 e. The second-order valence-corrected chi connectivity index (χ2v) is 10.7. The fraction of sp³-hybridized carbons (Fsp3) is 0.300. The molecule has 3 aromatic rings. The van der Waals surface area contributed by atoms with Crippen LogP contribution in [0, 0.1) is 5.92 Å². The first-order chi connectivity index (χ1) is 14.8. The monoisotopic (exact) mass is 486 g/mol. The van der Waals surface area contributed by atoms with E-state index in [0.717, 1.165) is 0 Å². The van der Waals surface area contributed by atoms with Crippen LogP contribution in [0.1, 0.15) is 25.2 Å². The maximum atomic E-state index is 13.1. The molecule has 170 valence electrons. The maximum absolute atomic E-state index is 13.1. The molecule has 32 heavy (non-hydrogen) atoms. The van der Waals surface area contributed by atoms with Crippen molar-refractivity contribution in [2.75, 3.05) is 0 Å². The standard InChI is InChI=1S/C20H17F3N2O5S2/c1-11-18(2,12-6-4-3-5-7-12)19(11,17(26)27)25-32(28,29)16-9-8-14(31-16)13-10-15(30-24-13)20(21,22)23/h3-11,25H,1-2H3,(H,26,27)/t11-,18+,19-/m0/s1. The van der Waals surface area contributed by atoms with Crippen molar-refractivity contribution in [2.24, 2.45) is 5.92 Å². The molecule has 1 saturated carbocycles. The lowest BCUT2D eigenvalue weighted by atomic mass is 9.92. The average Bonchev–Trinajstić information content (AvgIpc) is 3.24. The number of thiophene rings is 1. The number of carboxylic acid groups (broad SMARTS) is 1. The Morgan fingerprint density at radius 3 is 2.44 bits per heavy atom. The molecular weight excluding hydrogens is 469 g/mol. The molecule has 7 nitrogen and oxygen atoms in total. The minimum Gasteiger partial charge on any atom is -0.480 e. The molecule has 0 spiro atoms. The second-order valence-electron chi connectivity index (χ2n) is 7.70. The summed E-state index contributed by atoms with van der Waals surface area (Å²) in [6.07, 6.45) is -4.73. The number of nitrogens with one attached hydrogen (secondary N) is 1. The predicted octanol–water partition coefficient (Wildman–Crippen LogP) is 4.13. The minimum absolute atomic E-state index is 0.128. The zero-order chi connectivity index (χ0) is 23.5. The molecule has 2 N–H and O–H groups in total. The van der Waals surface area contributed by atoms with Crippen molar-refractivity contribution >= 4 is 27.3 Å². The van der Waals surface area contributed by atoms with Crippen LogP contribution in [-0.2, 0) is 26.4 Å². The van der Waals surface area contributed by atoms with Gasteiger partial charge in [0.05, 0.1) is 4.88 Å². The van der Waals surface area contributed by atoms with E-state index in [9.17, 15) is 31.5 Å². The zero-order valence-electron chi connectivity index (χ0n) is 16.7. The summed E-state index contributed by atoms with van der Waals surface area (Å²) in [5.74, 6) is -3.18. The number of carboxylic acids is 1. The highest BCUT2D eigenvalue weighted by atomic mass is 32.2. The van der Waals surface area contributed by atoms with Crippen molar-refractivity contribution in [1.29, 1.82) is 0 Å². The summed E-state index contributed by atoms with van der Waals surface area (Å²) in [5, 5.41) is 13.3. The number of nitrogens with zero attached hydrogens (tertiary/aromatic N) is 1. The van der Waals surface area contributed by atoms with E-state index in [-0.39, 0.29) is 14.8 Å². The van der Waals surface area contributed by atoms with Crippen LogP contribution < -0.4 is 4.72 Å². The van der Waals surface area contributed by atoms with Gasteiger partial charge in [-0.15, -0.1) is 11.3 Å². The van der Waals surface area contributed by atoms with Gasteiger partial charge in [0.15, 0.2) is 0 Å². The summed E-state index contributed by atoms with van der Waals surface area (Å²) in [4.78, 5) is 12.4. The van der Waals surface area contributed by atoms with Gasteiger partial charge in [0, 0.05) is 11.5 Å². The Morgan fingerprint density at radius 1 is 1.22 bits per heavy atom. The van der Waals surface area contributed by atoms with Gasteiger partial charge in [-0.3, -0.25) is 4.79 Å². The topological polar surface area (TPSA) is 110 Å². The molecule has 1 fully saturated rings. The molecule has 0 radical (unpaired) electrons. The van der Waals surface area contributed by atoms with Crippen LogP contribution in [0.3, 0.4) is 0 Å². The Hall–Kier alpha value is -2.70. The number of hydrogen-bond donors (Lipinski definition) is 2. The molecule has 3 atom stereocenters. The summed E-state index contributed by atoms with van der Waals surface area (Å²) in [5.41, 5.74) is -2.28. The molecule has 4 rings (SSSR count). The number of hydrogen-bond acceptors (Lipinski definition) is 6. The second kappa shape index (κ2) is 7.15. The molecule has 0 bridgehead atoms. The van der Waals surface area contributed by atoms with E-state index < -0.39 is 44.8 Å². The predicted molar refractivity (Wildman–Crippen MR) is 108 cm³/mol. The SMILES string of the molecule is C[C@@H]1[C@](NS(=O)(=O)c2ccc(-c3cc(C(F)(F)F)on3)s2)(C(=O)O)[C@@]1(C)c1ccccc1. The van der Waals surface area contributed by atoms with Gasteiger partial charge >= 0.3 is 12.1 Å². The highest BCUT2D eigenvalue weighted by Gasteiger charge is 2.78. The van der Waals surface area contributed by atoms with Crippen molar-refractivity contribution in [3.05, 3.63) is 59.9 Å². The number of alkyl halides is 3. The van der Waals surface area contributed by atoms with E-state index in [2.05, 4.69) is 14.4 Å². The Balaban J connectivity index is 1.66. The molecule has 1 aliphatic rings. The Morgan fingerprint density at radius 2 is 1.88 bits per heavy atom. The summed E-state index contributed by atoms with van der Waals surface area (Å²) in [6.45, 7) is 3.33. The van der Waals surface area contributed by atoms with Crippen LogP contribution in [0.5, 0.6) is 0 Å². The van der Waals surface area contributed by atoms with Gasteiger partial charge in [0.1, 0.15) is 15.4 Å². The third kappa shape index (κ3) is 3.24. The van der Waals surface area contributed by atoms with Crippen molar-refractivity contribution in [3.63, 3.8) is 0 Å². The van der Waals surface area contributed by atoms with E-state index in [1.807, 2.05) is 0 Å². The van der Waals surface area contributed by atoms with Gasteiger partial charge in [-0.2, -0.15) is 17.9 Å². The van der Waals surface area contributed by atoms with Crippen LogP contribution >= 0.6 is 11.3 Å². The van der Waals surface area contributed by atoms with E-state index in [1.165, 1.54) is 12.1 Å². The Bertz CT molecular complexity index is 1290. The highest BCUT2D eigenvalue weighted by molar-refractivity contribution is 7.91. The van der Waals surface area contributed by atoms with Crippen molar-refractivity contribution in [2.45, 2.75) is 35.2 Å². The summed E-state index contributed by atoms with van der Waals surface area (Å²) < 4.78 is 70.7. The molecule has 2 aromatic heterocycles. The molecule has 1 aromatic carbocycles. The van der Waals surface area contributed by atoms with Gasteiger partial charge in [0.2, 0.25) is 5.76 Å². The fourth-order valence-corrected chi connectivity index (χ4v) is 6.91. The lowest BCUT2D eigenvalue weighted by Gasteiger charge is -2.20. The number of sulfonamides is 1. The van der Waals surface area contributed by atoms with Gasteiger partial charge in [0.25, 0.3) is 10.0 Å². The van der Waals surface area contributed by atoms with E-state index in [4.69, 9.17) is 0 Å². The van der Waals surface area contributed by atoms with Gasteiger partial charge < -0.3 is 9.63 Å². The van der Waals surface area contributed by atoms with Crippen molar-refractivity contribution in [3.8, 4) is 10.6 Å². The van der Waals surface area contributed by atoms with Gasteiger partial charge in [-0.05, 0) is 23.6 Å². The molecular formula is C20H17F3N2O5S2. The van der Waals surface area contributed by atoms with Gasteiger partial charge in [-0.1, -0.05) is 49.3 Å². The van der Waals surface area contributed by atoms with Crippen molar-refractivity contribution < 1.29 is 36.0 Å². The number of halogens is 3. The van der Waals surface area contributed by atoms with Crippen LogP contribution in [-0.4, -0.2) is 30.2 Å². The molecule has 0 unspecified atom stereocenters. The van der Waals surface area contributed by atoms with E-state index in [0.29, 0.717) is 23.0 Å². The summed E-state index contributed by atoms with van der Waals surface area (Å²) in [7, 11) is -4.31. The van der Waals surface area contributed by atoms with E-state index >= 15 is 0 Å². The van der Waals surface area contributed by atoms with Crippen molar-refractivity contribution in [1.82, 2.24) is 9.88 Å². The van der Waals surface area contributed by atoms with Gasteiger partial charge in [-0.25, -0.2) is 8.42 Å². The Kier molecular flexibility index (Phi) is 5.03. The number of aromatic nitrogens is 1. The maximum Gasteiger partial charge on any atom is 0.452 e. The molecule has 12 heteroatoms. The number of carbonyl (C=O) groups is 1. The first kappa shape index (κ1) is 22.5. The summed E-state index contributed by atoms with van der Waals surface area (Å²) >= 11 is 0.661. The van der Waals surface area contributed by atoms with Crippen LogP contribution in [0.15, 0.2) is 57.3 Å². The zero-order valence-corrected chi connectivity index (χ0v) is 18.3.